The molecular weight excluding hydrogens is 559 g/mol. The van der Waals surface area contributed by atoms with E-state index in [1.165, 1.54) is 13.0 Å². The smallest absolute Gasteiger partial charge is 0.416 e. The fourth-order valence-corrected chi connectivity index (χ4v) is 4.99. The maximum Gasteiger partial charge on any atom is 0.416 e. The first-order valence-electron chi connectivity index (χ1n) is 12.2. The maximum atomic E-state index is 13.6. The van der Waals surface area contributed by atoms with Crippen LogP contribution in [0.3, 0.4) is 0 Å². The second-order valence-electron chi connectivity index (χ2n) is 9.81. The number of halogens is 9. The first kappa shape index (κ1) is 29.8. The zero-order chi connectivity index (χ0) is 29.6. The second kappa shape index (κ2) is 10.7. The van der Waals surface area contributed by atoms with Gasteiger partial charge in [-0.05, 0) is 67.3 Å². The third kappa shape index (κ3) is 6.26. The summed E-state index contributed by atoms with van der Waals surface area (Å²) >= 11 is 0. The van der Waals surface area contributed by atoms with Crippen LogP contribution in [-0.2, 0) is 34.5 Å². The van der Waals surface area contributed by atoms with Gasteiger partial charge < -0.3 is 14.4 Å². The van der Waals surface area contributed by atoms with Crippen molar-refractivity contribution in [1.82, 2.24) is 4.90 Å². The highest BCUT2D eigenvalue weighted by Gasteiger charge is 2.44. The van der Waals surface area contributed by atoms with Gasteiger partial charge in [0.1, 0.15) is 6.10 Å². The first-order valence-corrected chi connectivity index (χ1v) is 12.2. The summed E-state index contributed by atoms with van der Waals surface area (Å²) in [5.41, 5.74) is -4.17. The molecule has 4 rings (SSSR count). The molecule has 2 aromatic carbocycles. The van der Waals surface area contributed by atoms with Crippen LogP contribution in [0.5, 0.6) is 0 Å². The van der Waals surface area contributed by atoms with Gasteiger partial charge in [-0.1, -0.05) is 0 Å². The fraction of sp³-hybridized carbons (Fsp3) is 0.500. The maximum absolute atomic E-state index is 13.6. The number of benzene rings is 2. The SMILES string of the molecule is C[C@H]1[C@@H](c2cc(C(F)(F)F)cc(C(F)(F)F)c2)OC(=O)N1Cc1cc(C(F)(F)F)ccc1N(C)C1CCOCC1. The minimum atomic E-state index is -5.11. The Kier molecular flexibility index (Phi) is 7.96. The Morgan fingerprint density at radius 1 is 0.850 bits per heavy atom. The van der Waals surface area contributed by atoms with Crippen LogP contribution in [0.4, 0.5) is 50.0 Å². The molecule has 0 N–H and O–H groups in total. The molecule has 0 spiro atoms. The monoisotopic (exact) mass is 584 g/mol. The highest BCUT2D eigenvalue weighted by molar-refractivity contribution is 5.72. The molecule has 220 valence electrons. The molecule has 0 aromatic heterocycles. The van der Waals surface area contributed by atoms with E-state index >= 15 is 0 Å². The van der Waals surface area contributed by atoms with E-state index < -0.39 is 65.6 Å². The Morgan fingerprint density at radius 2 is 1.40 bits per heavy atom. The lowest BCUT2D eigenvalue weighted by Gasteiger charge is -2.35. The lowest BCUT2D eigenvalue weighted by molar-refractivity contribution is -0.143. The van der Waals surface area contributed by atoms with Crippen LogP contribution in [0.25, 0.3) is 0 Å². The number of nitrogens with zero attached hydrogens (tertiary/aromatic N) is 2. The van der Waals surface area contributed by atoms with Crippen molar-refractivity contribution in [3.63, 3.8) is 0 Å². The van der Waals surface area contributed by atoms with E-state index in [-0.39, 0.29) is 17.7 Å². The van der Waals surface area contributed by atoms with Crippen molar-refractivity contribution in [3.05, 3.63) is 64.2 Å². The lowest BCUT2D eigenvalue weighted by atomic mass is 9.97. The number of ether oxygens (including phenoxy) is 2. The third-order valence-corrected chi connectivity index (χ3v) is 7.20. The van der Waals surface area contributed by atoms with Crippen molar-refractivity contribution in [1.29, 1.82) is 0 Å². The molecule has 0 saturated carbocycles. The van der Waals surface area contributed by atoms with Gasteiger partial charge in [-0.3, -0.25) is 4.90 Å². The van der Waals surface area contributed by atoms with Crippen molar-refractivity contribution >= 4 is 11.8 Å². The van der Waals surface area contributed by atoms with E-state index in [0.29, 0.717) is 43.9 Å². The normalized spacial score (nSPS) is 21.1. The second-order valence-corrected chi connectivity index (χ2v) is 9.81. The molecule has 40 heavy (non-hydrogen) atoms. The molecule has 2 aliphatic rings. The summed E-state index contributed by atoms with van der Waals surface area (Å²) in [4.78, 5) is 15.6. The average molecular weight is 584 g/mol. The summed E-state index contributed by atoms with van der Waals surface area (Å²) in [6.07, 6.45) is -16.3. The zero-order valence-corrected chi connectivity index (χ0v) is 21.3. The van der Waals surface area contributed by atoms with Crippen LogP contribution in [0, 0.1) is 0 Å². The predicted octanol–water partition coefficient (Wildman–Crippen LogP) is 7.44. The molecule has 0 bridgehead atoms. The van der Waals surface area contributed by atoms with Gasteiger partial charge in [0.25, 0.3) is 0 Å². The summed E-state index contributed by atoms with van der Waals surface area (Å²) in [6, 6.07) is 2.81. The van der Waals surface area contributed by atoms with Crippen molar-refractivity contribution in [2.75, 3.05) is 25.2 Å². The minimum absolute atomic E-state index is 0.0379. The Balaban J connectivity index is 1.69. The molecule has 0 unspecified atom stereocenters. The Bertz CT molecular complexity index is 1210. The van der Waals surface area contributed by atoms with Gasteiger partial charge in [-0.25, -0.2) is 4.79 Å². The number of carbonyl (C=O) groups excluding carboxylic acids is 1. The summed E-state index contributed by atoms with van der Waals surface area (Å²) in [7, 11) is 1.69. The molecule has 2 saturated heterocycles. The number of anilines is 1. The molecule has 14 heteroatoms. The standard InChI is InChI=1S/C26H25F9N2O3/c1-14-22(15-9-18(25(30,31)32)12-19(10-15)26(33,34)35)40-23(38)37(14)13-16-11-17(24(27,28)29)3-4-21(16)36(2)20-5-7-39-8-6-20/h3-4,9-12,14,20,22H,5-8,13H2,1-2H3/t14-,22-/m0/s1. The number of hydrogen-bond acceptors (Lipinski definition) is 4. The number of alkyl halides is 9. The molecule has 0 aliphatic carbocycles. The molecule has 2 atom stereocenters. The van der Waals surface area contributed by atoms with Gasteiger partial charge in [-0.2, -0.15) is 39.5 Å². The Hall–Kier alpha value is -3.16. The van der Waals surface area contributed by atoms with Crippen LogP contribution in [0.1, 0.15) is 53.7 Å². The van der Waals surface area contributed by atoms with Crippen molar-refractivity contribution in [2.45, 2.75) is 63.0 Å². The summed E-state index contributed by atoms with van der Waals surface area (Å²) in [5.74, 6) is 0. The van der Waals surface area contributed by atoms with E-state index in [0.717, 1.165) is 17.0 Å². The zero-order valence-electron chi connectivity index (χ0n) is 21.3. The molecule has 2 aromatic rings. The largest absolute Gasteiger partial charge is 0.439 e. The van der Waals surface area contributed by atoms with Gasteiger partial charge in [0.15, 0.2) is 0 Å². The van der Waals surface area contributed by atoms with Crippen molar-refractivity contribution < 1.29 is 53.8 Å². The number of hydrogen-bond donors (Lipinski definition) is 0. The Morgan fingerprint density at radius 3 is 1.93 bits per heavy atom. The van der Waals surface area contributed by atoms with Gasteiger partial charge in [0.05, 0.1) is 29.3 Å². The minimum Gasteiger partial charge on any atom is -0.439 e. The number of cyclic esters (lactones) is 1. The van der Waals surface area contributed by atoms with Crippen molar-refractivity contribution in [3.8, 4) is 0 Å². The fourth-order valence-electron chi connectivity index (χ4n) is 4.99. The summed E-state index contributed by atoms with van der Waals surface area (Å²) in [6.45, 7) is 1.84. The number of carbonyl (C=O) groups is 1. The van der Waals surface area contributed by atoms with E-state index in [9.17, 15) is 44.3 Å². The number of rotatable bonds is 5. The molecule has 0 radical (unpaired) electrons. The lowest BCUT2D eigenvalue weighted by Crippen LogP contribution is -2.38. The quantitative estimate of drug-likeness (QED) is 0.343. The summed E-state index contributed by atoms with van der Waals surface area (Å²) < 4.78 is 131. The van der Waals surface area contributed by atoms with Gasteiger partial charge in [0, 0.05) is 32.0 Å². The number of amides is 1. The topological polar surface area (TPSA) is 42.0 Å². The summed E-state index contributed by atoms with van der Waals surface area (Å²) in [5, 5.41) is 0. The van der Waals surface area contributed by atoms with E-state index in [2.05, 4.69) is 0 Å². The van der Waals surface area contributed by atoms with Gasteiger partial charge in [-0.15, -0.1) is 0 Å². The van der Waals surface area contributed by atoms with E-state index in [4.69, 9.17) is 9.47 Å². The molecule has 5 nitrogen and oxygen atoms in total. The highest BCUT2D eigenvalue weighted by atomic mass is 19.4. The average Bonchev–Trinajstić information content (AvgIpc) is 3.15. The highest BCUT2D eigenvalue weighted by Crippen LogP contribution is 2.42. The molecule has 2 aliphatic heterocycles. The van der Waals surface area contributed by atoms with Crippen LogP contribution >= 0.6 is 0 Å². The molecular formula is C26H25F9N2O3. The van der Waals surface area contributed by atoms with Crippen LogP contribution in [0.15, 0.2) is 36.4 Å². The van der Waals surface area contributed by atoms with Crippen LogP contribution < -0.4 is 4.90 Å². The molecule has 2 fully saturated rings. The van der Waals surface area contributed by atoms with E-state index in [1.54, 1.807) is 11.9 Å². The van der Waals surface area contributed by atoms with Gasteiger partial charge >= 0.3 is 24.6 Å². The van der Waals surface area contributed by atoms with Crippen LogP contribution in [0.2, 0.25) is 0 Å². The first-order chi connectivity index (χ1) is 18.5. The van der Waals surface area contributed by atoms with E-state index in [1.807, 2.05) is 0 Å². The third-order valence-electron chi connectivity index (χ3n) is 7.20. The van der Waals surface area contributed by atoms with Crippen molar-refractivity contribution in [2.24, 2.45) is 0 Å². The van der Waals surface area contributed by atoms with Crippen LogP contribution in [-0.4, -0.2) is 43.3 Å². The predicted molar refractivity (Wildman–Crippen MR) is 124 cm³/mol. The Labute approximate surface area is 223 Å². The molecule has 2 heterocycles. The van der Waals surface area contributed by atoms with Gasteiger partial charge in [0.2, 0.25) is 0 Å². The molecule has 1 amide bonds.